The molecule has 6 rings (SSSR count). The third-order valence-electron chi connectivity index (χ3n) is 7.03. The molecular formula is C28H28N6O4. The van der Waals surface area contributed by atoms with E-state index < -0.39 is 0 Å². The van der Waals surface area contributed by atoms with Gasteiger partial charge in [0.25, 0.3) is 5.91 Å². The first-order valence-corrected chi connectivity index (χ1v) is 12.5. The van der Waals surface area contributed by atoms with Gasteiger partial charge in [0.15, 0.2) is 17.3 Å². The van der Waals surface area contributed by atoms with Crippen LogP contribution in [0.2, 0.25) is 0 Å². The Morgan fingerprint density at radius 3 is 2.84 bits per heavy atom. The number of carbonyl (C=O) groups is 1. The molecule has 1 atom stereocenters. The van der Waals surface area contributed by atoms with Gasteiger partial charge in [0, 0.05) is 24.2 Å². The molecule has 3 heterocycles. The Bertz CT molecular complexity index is 1470. The summed E-state index contributed by atoms with van der Waals surface area (Å²) in [4.78, 5) is 15.1. The number of benzene rings is 3. The average Bonchev–Trinajstić information content (AvgIpc) is 3.62. The number of nitrogens with one attached hydrogen (secondary N) is 1. The standard InChI is InChI=1S/C28H28N6O4/c1-33-14-12-19-16-22-25(38-17-37-22)26(36-2)23(19)24(33)27-30-31-32-34(27)21-10-6-9-20(15-21)28(35)29-13-11-18-7-4-3-5-8-18/h3-10,15-16,24H,11-14,17H2,1-2H3,(H,29,35). The highest BCUT2D eigenvalue weighted by molar-refractivity contribution is 5.94. The number of methoxy groups -OCH3 is 1. The molecule has 0 radical (unpaired) electrons. The molecule has 1 N–H and O–H groups in total. The normalized spacial score (nSPS) is 16.2. The molecule has 2 aliphatic rings. The minimum Gasteiger partial charge on any atom is -0.492 e. The van der Waals surface area contributed by atoms with Crippen molar-refractivity contribution in [3.8, 4) is 22.9 Å². The summed E-state index contributed by atoms with van der Waals surface area (Å²) >= 11 is 0. The molecule has 0 spiro atoms. The minimum atomic E-state index is -0.290. The molecule has 0 saturated carbocycles. The number of hydrogen-bond donors (Lipinski definition) is 1. The molecule has 38 heavy (non-hydrogen) atoms. The number of ether oxygens (including phenoxy) is 3. The maximum Gasteiger partial charge on any atom is 0.251 e. The van der Waals surface area contributed by atoms with Gasteiger partial charge in [-0.25, -0.2) is 0 Å². The lowest BCUT2D eigenvalue weighted by Gasteiger charge is -2.34. The summed E-state index contributed by atoms with van der Waals surface area (Å²) in [6.45, 7) is 1.51. The van der Waals surface area contributed by atoms with E-state index in [1.165, 1.54) is 5.56 Å². The molecule has 4 aromatic rings. The average molecular weight is 513 g/mol. The number of carbonyl (C=O) groups excluding carboxylic acids is 1. The van der Waals surface area contributed by atoms with Crippen molar-refractivity contribution in [2.75, 3.05) is 34.0 Å². The first-order chi connectivity index (χ1) is 18.6. The number of likely N-dealkylation sites (N-methyl/N-ethyl adjacent to an activating group) is 1. The second kappa shape index (κ2) is 10.1. The SMILES string of the molecule is COc1c2c(cc3c1C(c1nnnn1-c1cccc(C(=O)NCCc4ccccc4)c1)N(C)CC3)OCO2. The fourth-order valence-corrected chi connectivity index (χ4v) is 5.15. The smallest absolute Gasteiger partial charge is 0.251 e. The molecule has 1 aromatic heterocycles. The third-order valence-corrected chi connectivity index (χ3v) is 7.03. The lowest BCUT2D eigenvalue weighted by molar-refractivity contribution is 0.0954. The van der Waals surface area contributed by atoms with Gasteiger partial charge in [-0.15, -0.1) is 5.10 Å². The van der Waals surface area contributed by atoms with E-state index in [1.54, 1.807) is 23.9 Å². The van der Waals surface area contributed by atoms with Gasteiger partial charge in [-0.2, -0.15) is 4.68 Å². The number of tetrazole rings is 1. The Morgan fingerprint density at radius 2 is 2.00 bits per heavy atom. The van der Waals surface area contributed by atoms with Crippen LogP contribution in [0.5, 0.6) is 17.2 Å². The predicted molar refractivity (Wildman–Crippen MR) is 139 cm³/mol. The van der Waals surface area contributed by atoms with Crippen molar-refractivity contribution >= 4 is 5.91 Å². The molecule has 194 valence electrons. The van der Waals surface area contributed by atoms with Crippen LogP contribution in [0, 0.1) is 0 Å². The van der Waals surface area contributed by atoms with Crippen molar-refractivity contribution in [3.63, 3.8) is 0 Å². The van der Waals surface area contributed by atoms with Gasteiger partial charge >= 0.3 is 0 Å². The van der Waals surface area contributed by atoms with Crippen molar-refractivity contribution in [1.82, 2.24) is 30.4 Å². The van der Waals surface area contributed by atoms with E-state index >= 15 is 0 Å². The molecule has 2 aliphatic heterocycles. The largest absolute Gasteiger partial charge is 0.492 e. The second-order valence-corrected chi connectivity index (χ2v) is 9.34. The van der Waals surface area contributed by atoms with Crippen LogP contribution in [0.3, 0.4) is 0 Å². The quantitative estimate of drug-likeness (QED) is 0.403. The monoisotopic (exact) mass is 512 g/mol. The molecule has 0 bridgehead atoms. The van der Waals surface area contributed by atoms with Crippen molar-refractivity contribution in [2.24, 2.45) is 0 Å². The molecular weight excluding hydrogens is 484 g/mol. The molecule has 3 aromatic carbocycles. The van der Waals surface area contributed by atoms with E-state index in [0.29, 0.717) is 40.9 Å². The Balaban J connectivity index is 1.30. The number of nitrogens with zero attached hydrogens (tertiary/aromatic N) is 5. The van der Waals surface area contributed by atoms with Crippen molar-refractivity contribution < 1.29 is 19.0 Å². The number of rotatable bonds is 7. The van der Waals surface area contributed by atoms with E-state index in [1.807, 2.05) is 43.4 Å². The summed E-state index contributed by atoms with van der Waals surface area (Å²) in [6.07, 6.45) is 1.59. The van der Waals surface area contributed by atoms with Crippen molar-refractivity contribution in [1.29, 1.82) is 0 Å². The van der Waals surface area contributed by atoms with Crippen LogP contribution in [0.4, 0.5) is 0 Å². The summed E-state index contributed by atoms with van der Waals surface area (Å²) in [7, 11) is 3.67. The number of aromatic nitrogens is 4. The third kappa shape index (κ3) is 4.32. The predicted octanol–water partition coefficient (Wildman–Crippen LogP) is 2.95. The van der Waals surface area contributed by atoms with Crippen molar-refractivity contribution in [3.05, 3.63) is 88.7 Å². The summed E-state index contributed by atoms with van der Waals surface area (Å²) in [5.41, 5.74) is 4.47. The van der Waals surface area contributed by atoms with Gasteiger partial charge in [0.2, 0.25) is 12.5 Å². The molecule has 1 amide bonds. The zero-order valence-electron chi connectivity index (χ0n) is 21.3. The van der Waals surface area contributed by atoms with Crippen LogP contribution in [-0.2, 0) is 12.8 Å². The molecule has 10 nitrogen and oxygen atoms in total. The van der Waals surface area contributed by atoms with E-state index in [2.05, 4.69) is 37.9 Å². The molecule has 0 fully saturated rings. The number of amides is 1. The summed E-state index contributed by atoms with van der Waals surface area (Å²) in [5.74, 6) is 2.39. The van der Waals surface area contributed by atoms with Crippen LogP contribution in [0.15, 0.2) is 60.7 Å². The number of hydrogen-bond acceptors (Lipinski definition) is 8. The first-order valence-electron chi connectivity index (χ1n) is 12.5. The Morgan fingerprint density at radius 1 is 1.13 bits per heavy atom. The highest BCUT2D eigenvalue weighted by Crippen LogP contribution is 2.50. The lowest BCUT2D eigenvalue weighted by atomic mass is 9.90. The maximum atomic E-state index is 12.9. The van der Waals surface area contributed by atoms with Gasteiger partial charge in [-0.3, -0.25) is 9.69 Å². The van der Waals surface area contributed by atoms with Crippen LogP contribution in [0.1, 0.15) is 38.9 Å². The van der Waals surface area contributed by atoms with E-state index in [-0.39, 0.29) is 18.7 Å². The topological polar surface area (TPSA) is 104 Å². The lowest BCUT2D eigenvalue weighted by Crippen LogP contribution is -2.35. The van der Waals surface area contributed by atoms with Crippen LogP contribution in [-0.4, -0.2) is 65.1 Å². The van der Waals surface area contributed by atoms with Gasteiger partial charge in [-0.05, 0) is 65.7 Å². The summed E-state index contributed by atoms with van der Waals surface area (Å²) in [5, 5.41) is 15.7. The van der Waals surface area contributed by atoms with E-state index in [9.17, 15) is 4.79 Å². The zero-order chi connectivity index (χ0) is 26.1. The summed E-state index contributed by atoms with van der Waals surface area (Å²) < 4.78 is 18.9. The van der Waals surface area contributed by atoms with Gasteiger partial charge < -0.3 is 19.5 Å². The zero-order valence-corrected chi connectivity index (χ0v) is 21.3. The van der Waals surface area contributed by atoms with E-state index in [4.69, 9.17) is 14.2 Å². The van der Waals surface area contributed by atoms with Gasteiger partial charge in [0.1, 0.15) is 6.04 Å². The van der Waals surface area contributed by atoms with Crippen LogP contribution < -0.4 is 19.5 Å². The molecule has 0 aliphatic carbocycles. The molecule has 1 unspecified atom stereocenters. The minimum absolute atomic E-state index is 0.146. The summed E-state index contributed by atoms with van der Waals surface area (Å²) in [6, 6.07) is 19.1. The number of fused-ring (bicyclic) bond motifs is 2. The fraction of sp³-hybridized carbons (Fsp3) is 0.286. The second-order valence-electron chi connectivity index (χ2n) is 9.34. The highest BCUT2D eigenvalue weighted by Gasteiger charge is 2.37. The molecule has 10 heteroatoms. The fourth-order valence-electron chi connectivity index (χ4n) is 5.15. The first kappa shape index (κ1) is 23.9. The Kier molecular flexibility index (Phi) is 6.38. The van der Waals surface area contributed by atoms with Crippen molar-refractivity contribution in [2.45, 2.75) is 18.9 Å². The van der Waals surface area contributed by atoms with Crippen LogP contribution >= 0.6 is 0 Å². The van der Waals surface area contributed by atoms with Crippen LogP contribution in [0.25, 0.3) is 5.69 Å². The Hall–Kier alpha value is -4.44. The highest BCUT2D eigenvalue weighted by atomic mass is 16.7. The van der Waals surface area contributed by atoms with Gasteiger partial charge in [0.05, 0.1) is 12.8 Å². The molecule has 0 saturated heterocycles. The van der Waals surface area contributed by atoms with Gasteiger partial charge in [-0.1, -0.05) is 36.4 Å². The Labute approximate surface area is 220 Å². The maximum absolute atomic E-state index is 12.9. The van der Waals surface area contributed by atoms with E-state index in [0.717, 1.165) is 30.5 Å².